The minimum absolute atomic E-state index is 0.0423. The molecular weight excluding hydrogens is 300 g/mol. The third-order valence-electron chi connectivity index (χ3n) is 5.16. The van der Waals surface area contributed by atoms with Crippen LogP contribution in [0.4, 0.5) is 0 Å². The molecular formula is C20H32N2O2. The number of nitrogens with one attached hydrogen (secondary N) is 1. The molecule has 1 aliphatic carbocycles. The Hall–Kier alpha value is -1.39. The van der Waals surface area contributed by atoms with Crippen molar-refractivity contribution in [1.29, 1.82) is 0 Å². The fourth-order valence-corrected chi connectivity index (χ4v) is 3.54. The molecule has 4 heteroatoms. The molecule has 1 aromatic rings. The molecule has 0 heterocycles. The van der Waals surface area contributed by atoms with Gasteiger partial charge in [0.2, 0.25) is 5.91 Å². The van der Waals surface area contributed by atoms with Crippen LogP contribution >= 0.6 is 0 Å². The van der Waals surface area contributed by atoms with E-state index in [1.165, 1.54) is 24.8 Å². The van der Waals surface area contributed by atoms with Gasteiger partial charge in [-0.1, -0.05) is 49.6 Å². The first-order valence-corrected chi connectivity index (χ1v) is 9.28. The van der Waals surface area contributed by atoms with E-state index in [0.717, 1.165) is 19.3 Å². The Bertz CT molecular complexity index is 484. The van der Waals surface area contributed by atoms with Crippen LogP contribution in [0.1, 0.15) is 63.5 Å². The van der Waals surface area contributed by atoms with Gasteiger partial charge in [-0.25, -0.2) is 0 Å². The minimum Gasteiger partial charge on any atom is -0.374 e. The third-order valence-corrected chi connectivity index (χ3v) is 5.16. The number of carbonyl (C=O) groups is 1. The Morgan fingerprint density at radius 3 is 2.62 bits per heavy atom. The van der Waals surface area contributed by atoms with Gasteiger partial charge in [0.25, 0.3) is 0 Å². The largest absolute Gasteiger partial charge is 0.374 e. The van der Waals surface area contributed by atoms with Crippen LogP contribution in [-0.2, 0) is 9.53 Å². The standard InChI is InChI=1S/C20H32N2O2/c1-17(18-9-4-2-5-10-18)24-14-8-13-22-19(23)15-20(16-21)11-6-3-7-12-20/h2,4-5,9-10,17H,3,6-8,11-16,21H2,1H3,(H,22,23). The molecule has 0 saturated heterocycles. The number of hydrogen-bond acceptors (Lipinski definition) is 3. The second kappa shape index (κ2) is 9.80. The van der Waals surface area contributed by atoms with Gasteiger partial charge in [-0.3, -0.25) is 4.79 Å². The predicted molar refractivity (Wildman–Crippen MR) is 97.6 cm³/mol. The van der Waals surface area contributed by atoms with E-state index in [2.05, 4.69) is 24.4 Å². The Labute approximate surface area is 146 Å². The maximum Gasteiger partial charge on any atom is 0.220 e. The second-order valence-corrected chi connectivity index (χ2v) is 7.07. The van der Waals surface area contributed by atoms with Crippen molar-refractivity contribution in [3.63, 3.8) is 0 Å². The van der Waals surface area contributed by atoms with Gasteiger partial charge in [0.15, 0.2) is 0 Å². The molecule has 24 heavy (non-hydrogen) atoms. The van der Waals surface area contributed by atoms with Crippen molar-refractivity contribution in [1.82, 2.24) is 5.32 Å². The van der Waals surface area contributed by atoms with Gasteiger partial charge in [-0.05, 0) is 43.7 Å². The zero-order valence-corrected chi connectivity index (χ0v) is 14.9. The lowest BCUT2D eigenvalue weighted by molar-refractivity contribution is -0.123. The number of nitrogens with two attached hydrogens (primary N) is 1. The second-order valence-electron chi connectivity index (χ2n) is 7.07. The van der Waals surface area contributed by atoms with Crippen LogP contribution in [0.25, 0.3) is 0 Å². The van der Waals surface area contributed by atoms with Crippen LogP contribution in [0.3, 0.4) is 0 Å². The van der Waals surface area contributed by atoms with Crippen molar-refractivity contribution < 1.29 is 9.53 Å². The van der Waals surface area contributed by atoms with E-state index in [1.807, 2.05) is 18.2 Å². The summed E-state index contributed by atoms with van der Waals surface area (Å²) in [7, 11) is 0. The van der Waals surface area contributed by atoms with Crippen LogP contribution in [0.5, 0.6) is 0 Å². The average Bonchev–Trinajstić information content (AvgIpc) is 2.62. The monoisotopic (exact) mass is 332 g/mol. The molecule has 1 aliphatic rings. The Kier molecular flexibility index (Phi) is 7.73. The molecule has 1 amide bonds. The van der Waals surface area contributed by atoms with Crippen molar-refractivity contribution in [2.45, 2.75) is 58.0 Å². The van der Waals surface area contributed by atoms with E-state index in [1.54, 1.807) is 0 Å². The summed E-state index contributed by atoms with van der Waals surface area (Å²) in [5.74, 6) is 0.137. The highest BCUT2D eigenvalue weighted by Crippen LogP contribution is 2.38. The zero-order chi connectivity index (χ0) is 17.3. The maximum atomic E-state index is 12.2. The molecule has 1 atom stereocenters. The normalized spacial score (nSPS) is 18.1. The topological polar surface area (TPSA) is 64.3 Å². The van der Waals surface area contributed by atoms with Gasteiger partial charge >= 0.3 is 0 Å². The lowest BCUT2D eigenvalue weighted by atomic mass is 9.71. The lowest BCUT2D eigenvalue weighted by Crippen LogP contribution is -2.39. The highest BCUT2D eigenvalue weighted by Gasteiger charge is 2.32. The zero-order valence-electron chi connectivity index (χ0n) is 14.9. The third kappa shape index (κ3) is 5.91. The number of rotatable bonds is 9. The van der Waals surface area contributed by atoms with Gasteiger partial charge in [-0.2, -0.15) is 0 Å². The lowest BCUT2D eigenvalue weighted by Gasteiger charge is -2.35. The highest BCUT2D eigenvalue weighted by molar-refractivity contribution is 5.76. The van der Waals surface area contributed by atoms with Crippen LogP contribution < -0.4 is 11.1 Å². The fourth-order valence-electron chi connectivity index (χ4n) is 3.54. The molecule has 3 N–H and O–H groups in total. The van der Waals surface area contributed by atoms with E-state index in [4.69, 9.17) is 10.5 Å². The molecule has 0 bridgehead atoms. The first-order chi connectivity index (χ1) is 11.7. The van der Waals surface area contributed by atoms with Crippen molar-refractivity contribution in [3.8, 4) is 0 Å². The molecule has 1 aromatic carbocycles. The highest BCUT2D eigenvalue weighted by atomic mass is 16.5. The van der Waals surface area contributed by atoms with Crippen LogP contribution in [-0.4, -0.2) is 25.6 Å². The maximum absolute atomic E-state index is 12.2. The Morgan fingerprint density at radius 2 is 1.96 bits per heavy atom. The molecule has 0 radical (unpaired) electrons. The number of benzene rings is 1. The average molecular weight is 332 g/mol. The van der Waals surface area contributed by atoms with Gasteiger partial charge in [-0.15, -0.1) is 0 Å². The Balaban J connectivity index is 1.61. The molecule has 4 nitrogen and oxygen atoms in total. The molecule has 1 unspecified atom stereocenters. The van der Waals surface area contributed by atoms with Crippen molar-refractivity contribution in [3.05, 3.63) is 35.9 Å². The van der Waals surface area contributed by atoms with Crippen LogP contribution in [0, 0.1) is 5.41 Å². The van der Waals surface area contributed by atoms with E-state index >= 15 is 0 Å². The van der Waals surface area contributed by atoms with E-state index in [9.17, 15) is 4.79 Å². The quantitative estimate of drug-likeness (QED) is 0.680. The SMILES string of the molecule is CC(OCCCNC(=O)CC1(CN)CCCCC1)c1ccccc1. The summed E-state index contributed by atoms with van der Waals surface area (Å²) < 4.78 is 5.83. The number of hydrogen-bond donors (Lipinski definition) is 2. The number of carbonyl (C=O) groups excluding carboxylic acids is 1. The molecule has 0 spiro atoms. The van der Waals surface area contributed by atoms with Gasteiger partial charge in [0, 0.05) is 19.6 Å². The van der Waals surface area contributed by atoms with Crippen LogP contribution in [0.15, 0.2) is 30.3 Å². The van der Waals surface area contributed by atoms with Gasteiger partial charge in [0.05, 0.1) is 6.10 Å². The number of ether oxygens (including phenoxy) is 1. The molecule has 134 valence electrons. The summed E-state index contributed by atoms with van der Waals surface area (Å²) in [6.07, 6.45) is 7.36. The Morgan fingerprint density at radius 1 is 1.25 bits per heavy atom. The molecule has 1 saturated carbocycles. The summed E-state index contributed by atoms with van der Waals surface area (Å²) in [6, 6.07) is 10.2. The first kappa shape index (κ1) is 18.9. The van der Waals surface area contributed by atoms with Crippen molar-refractivity contribution >= 4 is 5.91 Å². The summed E-state index contributed by atoms with van der Waals surface area (Å²) >= 11 is 0. The first-order valence-electron chi connectivity index (χ1n) is 9.28. The van der Waals surface area contributed by atoms with Crippen molar-refractivity contribution in [2.24, 2.45) is 11.1 Å². The van der Waals surface area contributed by atoms with Crippen molar-refractivity contribution in [2.75, 3.05) is 19.7 Å². The summed E-state index contributed by atoms with van der Waals surface area (Å²) in [5, 5.41) is 3.03. The fraction of sp³-hybridized carbons (Fsp3) is 0.650. The number of amides is 1. The van der Waals surface area contributed by atoms with Crippen LogP contribution in [0.2, 0.25) is 0 Å². The minimum atomic E-state index is 0.0423. The molecule has 2 rings (SSSR count). The smallest absolute Gasteiger partial charge is 0.220 e. The molecule has 0 aliphatic heterocycles. The predicted octanol–water partition coefficient (Wildman–Crippen LogP) is 3.57. The van der Waals surface area contributed by atoms with E-state index in [-0.39, 0.29) is 17.4 Å². The van der Waals surface area contributed by atoms with Gasteiger partial charge < -0.3 is 15.8 Å². The van der Waals surface area contributed by atoms with E-state index < -0.39 is 0 Å². The summed E-state index contributed by atoms with van der Waals surface area (Å²) in [6.45, 7) is 4.00. The van der Waals surface area contributed by atoms with E-state index in [0.29, 0.717) is 26.1 Å². The summed E-state index contributed by atoms with van der Waals surface area (Å²) in [4.78, 5) is 12.2. The molecule has 0 aromatic heterocycles. The molecule has 1 fully saturated rings. The summed E-state index contributed by atoms with van der Waals surface area (Å²) in [5.41, 5.74) is 7.18. The van der Waals surface area contributed by atoms with Gasteiger partial charge in [0.1, 0.15) is 0 Å².